The van der Waals surface area contributed by atoms with Gasteiger partial charge in [-0.3, -0.25) is 0 Å². The van der Waals surface area contributed by atoms with E-state index in [2.05, 4.69) is 43.5 Å². The van der Waals surface area contributed by atoms with Gasteiger partial charge in [-0.05, 0) is 64.6 Å². The number of benzene rings is 2. The summed E-state index contributed by atoms with van der Waals surface area (Å²) in [4.78, 5) is 16.4. The van der Waals surface area contributed by atoms with Crippen molar-refractivity contribution in [2.45, 2.75) is 0 Å². The first-order valence-electron chi connectivity index (χ1n) is 6.98. The highest BCUT2D eigenvalue weighted by molar-refractivity contribution is 14.1. The number of ether oxygens (including phenoxy) is 3. The zero-order valence-corrected chi connectivity index (χ0v) is 15.8. The molecule has 0 saturated heterocycles. The molecule has 24 heavy (non-hydrogen) atoms. The Morgan fingerprint density at radius 1 is 1.17 bits per heavy atom. The SMILES string of the molecule is O=C1OC(c2cccc(I)c2)=N/C1=C\c1cc2c(cc1Br)OCO2. The van der Waals surface area contributed by atoms with Crippen LogP contribution in [0.1, 0.15) is 11.1 Å². The number of carbonyl (C=O) groups is 1. The van der Waals surface area contributed by atoms with E-state index in [-0.39, 0.29) is 12.5 Å². The normalized spacial score (nSPS) is 17.2. The fourth-order valence-corrected chi connectivity index (χ4v) is 3.32. The van der Waals surface area contributed by atoms with Crippen LogP contribution in [0.15, 0.2) is 51.6 Å². The van der Waals surface area contributed by atoms with E-state index < -0.39 is 5.97 Å². The molecule has 2 heterocycles. The van der Waals surface area contributed by atoms with Gasteiger partial charge >= 0.3 is 5.97 Å². The van der Waals surface area contributed by atoms with E-state index >= 15 is 0 Å². The van der Waals surface area contributed by atoms with Gasteiger partial charge in [0.2, 0.25) is 12.7 Å². The molecule has 0 radical (unpaired) electrons. The minimum absolute atomic E-state index is 0.193. The van der Waals surface area contributed by atoms with Gasteiger partial charge in [0.05, 0.1) is 0 Å². The van der Waals surface area contributed by atoms with Gasteiger partial charge in [0.25, 0.3) is 0 Å². The summed E-state index contributed by atoms with van der Waals surface area (Å²) in [5.41, 5.74) is 1.77. The lowest BCUT2D eigenvalue weighted by Gasteiger charge is -2.02. The summed E-state index contributed by atoms with van der Waals surface area (Å²) in [6, 6.07) is 11.2. The van der Waals surface area contributed by atoms with Crippen molar-refractivity contribution >= 4 is 56.5 Å². The number of hydrogen-bond acceptors (Lipinski definition) is 5. The summed E-state index contributed by atoms with van der Waals surface area (Å²) in [5, 5.41) is 0. The fourth-order valence-electron chi connectivity index (χ4n) is 2.34. The summed E-state index contributed by atoms with van der Waals surface area (Å²) < 4.78 is 17.8. The first kappa shape index (κ1) is 15.6. The minimum Gasteiger partial charge on any atom is -0.454 e. The van der Waals surface area contributed by atoms with Crippen LogP contribution < -0.4 is 9.47 Å². The van der Waals surface area contributed by atoms with Crippen LogP contribution in [0.3, 0.4) is 0 Å². The number of carbonyl (C=O) groups excluding carboxylic acids is 1. The van der Waals surface area contributed by atoms with Crippen LogP contribution >= 0.6 is 38.5 Å². The van der Waals surface area contributed by atoms with E-state index in [4.69, 9.17) is 14.2 Å². The highest BCUT2D eigenvalue weighted by Crippen LogP contribution is 2.38. The predicted octanol–water partition coefficient (Wildman–Crippen LogP) is 4.13. The number of aliphatic imine (C=N–C) groups is 1. The van der Waals surface area contributed by atoms with E-state index in [1.165, 1.54) is 0 Å². The minimum atomic E-state index is -0.478. The molecule has 0 atom stereocenters. The highest BCUT2D eigenvalue weighted by atomic mass is 127. The van der Waals surface area contributed by atoms with Gasteiger partial charge in [-0.1, -0.05) is 22.0 Å². The topological polar surface area (TPSA) is 57.1 Å². The third-order valence-corrected chi connectivity index (χ3v) is 4.83. The highest BCUT2D eigenvalue weighted by Gasteiger charge is 2.25. The second kappa shape index (κ2) is 6.21. The molecule has 0 aromatic heterocycles. The molecule has 0 spiro atoms. The number of cyclic esters (lactones) is 1. The molecule has 4 rings (SSSR count). The fraction of sp³-hybridized carbons (Fsp3) is 0.0588. The second-order valence-corrected chi connectivity index (χ2v) is 7.17. The quantitative estimate of drug-likeness (QED) is 0.355. The summed E-state index contributed by atoms with van der Waals surface area (Å²) in [6.07, 6.45) is 1.66. The standard InChI is InChI=1S/C17H9BrINO4/c18-12-7-15-14(22-8-23-15)6-10(12)5-13-17(21)24-16(20-13)9-2-1-3-11(19)4-9/h1-7H,8H2/b13-5-. The molecule has 2 aromatic rings. The molecule has 0 aliphatic carbocycles. The Kier molecular flexibility index (Phi) is 4.05. The van der Waals surface area contributed by atoms with Gasteiger partial charge in [0.15, 0.2) is 17.2 Å². The molecular weight excluding hydrogens is 489 g/mol. The third-order valence-electron chi connectivity index (χ3n) is 3.48. The third kappa shape index (κ3) is 2.93. The maximum Gasteiger partial charge on any atom is 0.363 e. The molecule has 120 valence electrons. The van der Waals surface area contributed by atoms with Crippen molar-refractivity contribution in [1.82, 2.24) is 0 Å². The Hall–Kier alpha value is -1.87. The number of esters is 1. The van der Waals surface area contributed by atoms with E-state index in [9.17, 15) is 4.79 Å². The number of fused-ring (bicyclic) bond motifs is 1. The Labute approximate surface area is 159 Å². The molecule has 0 fully saturated rings. The Morgan fingerprint density at radius 2 is 1.96 bits per heavy atom. The van der Waals surface area contributed by atoms with Crippen molar-refractivity contribution in [2.75, 3.05) is 6.79 Å². The van der Waals surface area contributed by atoms with Crippen LogP contribution in [0.4, 0.5) is 0 Å². The van der Waals surface area contributed by atoms with Crippen molar-refractivity contribution in [2.24, 2.45) is 4.99 Å². The molecule has 0 N–H and O–H groups in total. The number of halogens is 2. The van der Waals surface area contributed by atoms with E-state index in [0.717, 1.165) is 19.2 Å². The number of rotatable bonds is 2. The van der Waals surface area contributed by atoms with E-state index in [1.54, 1.807) is 18.2 Å². The van der Waals surface area contributed by atoms with Crippen molar-refractivity contribution in [1.29, 1.82) is 0 Å². The first-order chi connectivity index (χ1) is 11.6. The molecule has 2 aliphatic rings. The Balaban J connectivity index is 1.71. The first-order valence-corrected chi connectivity index (χ1v) is 8.85. The average molecular weight is 498 g/mol. The molecule has 0 amide bonds. The van der Waals surface area contributed by atoms with Crippen LogP contribution in [0.2, 0.25) is 0 Å². The van der Waals surface area contributed by atoms with Crippen LogP contribution in [-0.2, 0) is 9.53 Å². The van der Waals surface area contributed by atoms with E-state index in [0.29, 0.717) is 17.4 Å². The van der Waals surface area contributed by atoms with Gasteiger partial charge in [-0.2, -0.15) is 0 Å². The van der Waals surface area contributed by atoms with Crippen molar-refractivity contribution in [3.8, 4) is 11.5 Å². The molecule has 2 aliphatic heterocycles. The molecule has 0 bridgehead atoms. The smallest absolute Gasteiger partial charge is 0.363 e. The van der Waals surface area contributed by atoms with Gasteiger partial charge in [0.1, 0.15) is 0 Å². The predicted molar refractivity (Wildman–Crippen MR) is 100 cm³/mol. The summed E-state index contributed by atoms with van der Waals surface area (Å²) in [6.45, 7) is 0.193. The molecule has 0 saturated carbocycles. The zero-order valence-electron chi connectivity index (χ0n) is 12.1. The summed E-state index contributed by atoms with van der Waals surface area (Å²) in [7, 11) is 0. The molecule has 5 nitrogen and oxygen atoms in total. The second-order valence-electron chi connectivity index (χ2n) is 5.07. The van der Waals surface area contributed by atoms with Gasteiger partial charge in [-0.15, -0.1) is 0 Å². The lowest BCUT2D eigenvalue weighted by atomic mass is 10.1. The molecular formula is C17H9BrINO4. The van der Waals surface area contributed by atoms with Crippen LogP contribution in [0, 0.1) is 3.57 Å². The Bertz CT molecular complexity index is 923. The van der Waals surface area contributed by atoms with Crippen molar-refractivity contribution in [3.05, 3.63) is 61.3 Å². The van der Waals surface area contributed by atoms with Gasteiger partial charge in [0, 0.05) is 13.6 Å². The van der Waals surface area contributed by atoms with Crippen LogP contribution in [-0.4, -0.2) is 18.7 Å². The molecule has 7 heteroatoms. The lowest BCUT2D eigenvalue weighted by Crippen LogP contribution is -2.05. The van der Waals surface area contributed by atoms with Crippen molar-refractivity contribution < 1.29 is 19.0 Å². The maximum absolute atomic E-state index is 12.1. The Morgan fingerprint density at radius 3 is 2.75 bits per heavy atom. The summed E-state index contributed by atoms with van der Waals surface area (Å²) >= 11 is 5.66. The number of hydrogen-bond donors (Lipinski definition) is 0. The maximum atomic E-state index is 12.1. The monoisotopic (exact) mass is 497 g/mol. The molecule has 2 aromatic carbocycles. The lowest BCUT2D eigenvalue weighted by molar-refractivity contribution is -0.129. The number of nitrogens with zero attached hydrogens (tertiary/aromatic N) is 1. The largest absolute Gasteiger partial charge is 0.454 e. The van der Waals surface area contributed by atoms with Crippen LogP contribution in [0.5, 0.6) is 11.5 Å². The summed E-state index contributed by atoms with van der Waals surface area (Å²) in [5.74, 6) is 1.13. The zero-order chi connectivity index (χ0) is 16.7. The van der Waals surface area contributed by atoms with Gasteiger partial charge < -0.3 is 14.2 Å². The van der Waals surface area contributed by atoms with Crippen molar-refractivity contribution in [3.63, 3.8) is 0 Å². The van der Waals surface area contributed by atoms with Crippen LogP contribution in [0.25, 0.3) is 6.08 Å². The average Bonchev–Trinajstić information content (AvgIpc) is 3.14. The van der Waals surface area contributed by atoms with E-state index in [1.807, 2.05) is 24.3 Å². The van der Waals surface area contributed by atoms with Gasteiger partial charge in [-0.25, -0.2) is 9.79 Å². The molecule has 0 unspecified atom stereocenters.